The van der Waals surface area contributed by atoms with Crippen molar-refractivity contribution in [1.82, 2.24) is 4.72 Å². The van der Waals surface area contributed by atoms with Gasteiger partial charge in [-0.1, -0.05) is 0 Å². The zero-order valence-electron chi connectivity index (χ0n) is 8.64. The van der Waals surface area contributed by atoms with Gasteiger partial charge in [-0.2, -0.15) is 4.72 Å². The van der Waals surface area contributed by atoms with E-state index in [1.54, 1.807) is 0 Å². The standard InChI is InChI=1S/C8H6I5NO3S/c1-18(16,17)14-8(15)2-3(9)5(11)7(13)6(12)4(2)10/h8,14-15H,1H3. The molecule has 1 aromatic rings. The lowest BCUT2D eigenvalue weighted by Crippen LogP contribution is -2.29. The molecule has 0 saturated carbocycles. The molecule has 0 aliphatic heterocycles. The van der Waals surface area contributed by atoms with E-state index >= 15 is 0 Å². The summed E-state index contributed by atoms with van der Waals surface area (Å²) in [5, 5.41) is 10.0. The van der Waals surface area contributed by atoms with Gasteiger partial charge >= 0.3 is 0 Å². The van der Waals surface area contributed by atoms with Crippen LogP contribution in [0.5, 0.6) is 0 Å². The second-order valence-corrected chi connectivity index (χ2v) is 10.4. The van der Waals surface area contributed by atoms with Gasteiger partial charge in [-0.3, -0.25) is 0 Å². The molecule has 0 bridgehead atoms. The first-order valence-corrected chi connectivity index (χ1v) is 11.5. The van der Waals surface area contributed by atoms with E-state index in [1.807, 2.05) is 0 Å². The highest BCUT2D eigenvalue weighted by molar-refractivity contribution is 14.1. The third kappa shape index (κ3) is 4.62. The monoisotopic (exact) mass is 831 g/mol. The van der Waals surface area contributed by atoms with E-state index in [9.17, 15) is 13.5 Å². The predicted octanol–water partition coefficient (Wildman–Crippen LogP) is 3.25. The van der Waals surface area contributed by atoms with Gasteiger partial charge < -0.3 is 5.11 Å². The molecule has 0 aliphatic rings. The summed E-state index contributed by atoms with van der Waals surface area (Å²) in [6, 6.07) is 0. The molecular weight excluding hydrogens is 825 g/mol. The van der Waals surface area contributed by atoms with Crippen molar-refractivity contribution in [2.24, 2.45) is 0 Å². The minimum Gasteiger partial charge on any atom is -0.373 e. The zero-order chi connectivity index (χ0) is 14.2. The van der Waals surface area contributed by atoms with E-state index < -0.39 is 16.3 Å². The molecule has 0 heterocycles. The van der Waals surface area contributed by atoms with Gasteiger partial charge in [0.2, 0.25) is 10.0 Å². The van der Waals surface area contributed by atoms with Crippen molar-refractivity contribution in [3.63, 3.8) is 0 Å². The van der Waals surface area contributed by atoms with Crippen LogP contribution in [0.3, 0.4) is 0 Å². The van der Waals surface area contributed by atoms with Crippen molar-refractivity contribution < 1.29 is 13.5 Å². The lowest BCUT2D eigenvalue weighted by atomic mass is 10.2. The van der Waals surface area contributed by atoms with Gasteiger partial charge in [0.15, 0.2) is 0 Å². The molecule has 2 N–H and O–H groups in total. The molecule has 102 valence electrons. The minimum atomic E-state index is -3.45. The Morgan fingerprint density at radius 1 is 0.944 bits per heavy atom. The number of sulfonamides is 1. The molecular formula is C8H6I5NO3S. The van der Waals surface area contributed by atoms with Gasteiger partial charge in [-0.05, 0) is 113 Å². The number of hydrogen-bond acceptors (Lipinski definition) is 3. The van der Waals surface area contributed by atoms with Gasteiger partial charge in [0, 0.05) is 23.4 Å². The van der Waals surface area contributed by atoms with Crippen LogP contribution in [-0.4, -0.2) is 19.8 Å². The maximum absolute atomic E-state index is 11.2. The van der Waals surface area contributed by atoms with Crippen molar-refractivity contribution >= 4 is 123 Å². The number of aliphatic hydroxyl groups excluding tert-OH is 1. The van der Waals surface area contributed by atoms with Gasteiger partial charge in [-0.15, -0.1) is 0 Å². The highest BCUT2D eigenvalue weighted by Gasteiger charge is 2.24. The van der Waals surface area contributed by atoms with Crippen LogP contribution in [0.2, 0.25) is 0 Å². The summed E-state index contributed by atoms with van der Waals surface area (Å²) in [7, 11) is -3.45. The van der Waals surface area contributed by atoms with Crippen molar-refractivity contribution in [2.75, 3.05) is 6.26 Å². The van der Waals surface area contributed by atoms with Crippen LogP contribution in [0.4, 0.5) is 0 Å². The Balaban J connectivity index is 3.42. The summed E-state index contributed by atoms with van der Waals surface area (Å²) < 4.78 is 29.5. The smallest absolute Gasteiger partial charge is 0.211 e. The Kier molecular flexibility index (Phi) is 7.66. The van der Waals surface area contributed by atoms with Gasteiger partial charge in [-0.25, -0.2) is 8.42 Å². The third-order valence-electron chi connectivity index (χ3n) is 1.84. The van der Waals surface area contributed by atoms with Crippen LogP contribution in [0.15, 0.2) is 0 Å². The van der Waals surface area contributed by atoms with E-state index in [2.05, 4.69) is 118 Å². The molecule has 0 spiro atoms. The number of aliphatic hydroxyl groups is 1. The average molecular weight is 831 g/mol. The number of hydrogen-bond donors (Lipinski definition) is 2. The van der Waals surface area contributed by atoms with E-state index in [1.165, 1.54) is 0 Å². The van der Waals surface area contributed by atoms with Crippen molar-refractivity contribution in [2.45, 2.75) is 6.23 Å². The normalized spacial score (nSPS) is 13.7. The highest BCUT2D eigenvalue weighted by atomic mass is 127. The fraction of sp³-hybridized carbons (Fsp3) is 0.250. The molecule has 0 amide bonds. The molecule has 0 fully saturated rings. The lowest BCUT2D eigenvalue weighted by Gasteiger charge is -2.18. The summed E-state index contributed by atoms with van der Waals surface area (Å²) >= 11 is 10.9. The summed E-state index contributed by atoms with van der Waals surface area (Å²) in [6.45, 7) is 0. The Labute approximate surface area is 174 Å². The molecule has 1 aromatic carbocycles. The summed E-state index contributed by atoms with van der Waals surface area (Å²) in [5.74, 6) is 0. The van der Waals surface area contributed by atoms with Crippen LogP contribution in [0, 0.1) is 17.9 Å². The van der Waals surface area contributed by atoms with Crippen LogP contribution in [-0.2, 0) is 10.0 Å². The SMILES string of the molecule is CS(=O)(=O)NC(O)c1c(I)c(I)c(I)c(I)c1I. The second-order valence-electron chi connectivity index (χ2n) is 3.28. The molecule has 0 aliphatic carbocycles. The first-order valence-electron chi connectivity index (χ1n) is 4.23. The van der Waals surface area contributed by atoms with Gasteiger partial charge in [0.1, 0.15) is 6.23 Å². The van der Waals surface area contributed by atoms with Crippen molar-refractivity contribution in [1.29, 1.82) is 0 Å². The van der Waals surface area contributed by atoms with Crippen LogP contribution < -0.4 is 4.72 Å². The van der Waals surface area contributed by atoms with Gasteiger partial charge in [0.25, 0.3) is 0 Å². The minimum absolute atomic E-state index is 0.607. The Bertz CT molecular complexity index is 560. The van der Waals surface area contributed by atoms with E-state index in [4.69, 9.17) is 0 Å². The van der Waals surface area contributed by atoms with Crippen LogP contribution in [0.1, 0.15) is 11.8 Å². The summed E-state index contributed by atoms with van der Waals surface area (Å²) in [5.41, 5.74) is 0.607. The Morgan fingerprint density at radius 3 is 1.61 bits per heavy atom. The van der Waals surface area contributed by atoms with Crippen molar-refractivity contribution in [3.8, 4) is 0 Å². The third-order valence-corrected chi connectivity index (χ3v) is 12.1. The Hall–Kier alpha value is 2.74. The molecule has 0 aromatic heterocycles. The molecule has 1 rings (SSSR count). The van der Waals surface area contributed by atoms with E-state index in [0.29, 0.717) is 5.56 Å². The summed E-state index contributed by atoms with van der Waals surface area (Å²) in [4.78, 5) is 0. The maximum atomic E-state index is 11.2. The highest BCUT2D eigenvalue weighted by Crippen LogP contribution is 2.36. The molecule has 0 saturated heterocycles. The number of rotatable bonds is 3. The van der Waals surface area contributed by atoms with Crippen LogP contribution >= 0.6 is 113 Å². The predicted molar refractivity (Wildman–Crippen MR) is 113 cm³/mol. The molecule has 0 radical (unpaired) electrons. The quantitative estimate of drug-likeness (QED) is 0.213. The number of nitrogens with one attached hydrogen (secondary N) is 1. The fourth-order valence-corrected chi connectivity index (χ4v) is 7.04. The summed E-state index contributed by atoms with van der Waals surface area (Å²) in [6.07, 6.45) is -0.198. The van der Waals surface area contributed by atoms with Crippen molar-refractivity contribution in [3.05, 3.63) is 23.4 Å². The zero-order valence-corrected chi connectivity index (χ0v) is 20.2. The fourth-order valence-electron chi connectivity index (χ4n) is 1.12. The van der Waals surface area contributed by atoms with Gasteiger partial charge in [0.05, 0.1) is 6.26 Å². The second kappa shape index (κ2) is 7.34. The van der Waals surface area contributed by atoms with Crippen LogP contribution in [0.25, 0.3) is 0 Å². The number of benzene rings is 1. The topological polar surface area (TPSA) is 66.4 Å². The largest absolute Gasteiger partial charge is 0.373 e. The molecule has 4 nitrogen and oxygen atoms in total. The average Bonchev–Trinajstić information content (AvgIpc) is 2.21. The molecule has 1 unspecified atom stereocenters. The number of halogens is 5. The first-order chi connectivity index (χ1) is 8.06. The molecule has 10 heteroatoms. The van der Waals surface area contributed by atoms with E-state index in [-0.39, 0.29) is 0 Å². The van der Waals surface area contributed by atoms with E-state index in [0.717, 1.165) is 24.1 Å². The lowest BCUT2D eigenvalue weighted by molar-refractivity contribution is 0.165. The molecule has 18 heavy (non-hydrogen) atoms. The molecule has 1 atom stereocenters. The Morgan fingerprint density at radius 2 is 1.28 bits per heavy atom. The maximum Gasteiger partial charge on any atom is 0.211 e. The first kappa shape index (κ1) is 18.8.